The molecule has 1 aliphatic rings. The summed E-state index contributed by atoms with van der Waals surface area (Å²) in [5, 5.41) is 0. The molecule has 4 heteroatoms. The molecule has 1 heterocycles. The number of nitrogens with zero attached hydrogens (tertiary/aromatic N) is 1. The fraction of sp³-hybridized carbons (Fsp3) is 0.667. The molecule has 0 spiro atoms. The highest BCUT2D eigenvalue weighted by Gasteiger charge is 2.26. The third-order valence-electron chi connectivity index (χ3n) is 3.98. The summed E-state index contributed by atoms with van der Waals surface area (Å²) in [4.78, 5) is 4.33. The van der Waals surface area contributed by atoms with Crippen molar-refractivity contribution in [3.05, 3.63) is 12.1 Å². The van der Waals surface area contributed by atoms with Crippen LogP contribution < -0.4 is 15.2 Å². The van der Waals surface area contributed by atoms with E-state index in [1.807, 2.05) is 13.0 Å². The van der Waals surface area contributed by atoms with Crippen LogP contribution in [0, 0.1) is 11.8 Å². The molecule has 0 radical (unpaired) electrons. The van der Waals surface area contributed by atoms with Crippen molar-refractivity contribution in [3.8, 4) is 11.8 Å². The van der Waals surface area contributed by atoms with Gasteiger partial charge in [0.05, 0.1) is 12.3 Å². The first-order valence-corrected chi connectivity index (χ1v) is 7.16. The molecule has 0 aliphatic heterocycles. The maximum Gasteiger partial charge on any atom is 0.240 e. The van der Waals surface area contributed by atoms with Crippen molar-refractivity contribution in [1.29, 1.82) is 0 Å². The van der Waals surface area contributed by atoms with Crippen LogP contribution in [0.4, 0.5) is 5.69 Å². The molecule has 1 aromatic rings. The van der Waals surface area contributed by atoms with Crippen LogP contribution in [0.15, 0.2) is 12.1 Å². The van der Waals surface area contributed by atoms with E-state index in [-0.39, 0.29) is 6.10 Å². The topological polar surface area (TPSA) is 57.4 Å². The number of rotatable bonds is 4. The van der Waals surface area contributed by atoms with Crippen molar-refractivity contribution in [2.75, 3.05) is 12.3 Å². The number of pyridine rings is 1. The minimum Gasteiger partial charge on any atom is -0.476 e. The first kappa shape index (κ1) is 14.0. The molecule has 19 heavy (non-hydrogen) atoms. The molecule has 3 atom stereocenters. The standard InChI is InChI=1S/C15H24N2O2/c1-4-18-15-13(16)7-8-14(17-15)19-12-6-5-10(2)11(3)9-12/h7-8,10-12H,4-6,9,16H2,1-3H3. The molecule has 0 saturated heterocycles. The van der Waals surface area contributed by atoms with Crippen LogP contribution in [0.5, 0.6) is 11.8 Å². The van der Waals surface area contributed by atoms with E-state index >= 15 is 0 Å². The van der Waals surface area contributed by atoms with Gasteiger partial charge in [0.25, 0.3) is 0 Å². The van der Waals surface area contributed by atoms with Crippen molar-refractivity contribution >= 4 is 5.69 Å². The van der Waals surface area contributed by atoms with Crippen LogP contribution in [0.1, 0.15) is 40.0 Å². The third-order valence-corrected chi connectivity index (χ3v) is 3.98. The van der Waals surface area contributed by atoms with E-state index in [2.05, 4.69) is 18.8 Å². The number of ether oxygens (including phenoxy) is 2. The summed E-state index contributed by atoms with van der Waals surface area (Å²) in [7, 11) is 0. The Morgan fingerprint density at radius 1 is 1.26 bits per heavy atom. The highest BCUT2D eigenvalue weighted by molar-refractivity contribution is 5.49. The van der Waals surface area contributed by atoms with Crippen molar-refractivity contribution in [1.82, 2.24) is 4.98 Å². The maximum absolute atomic E-state index is 5.97. The number of hydrogen-bond acceptors (Lipinski definition) is 4. The van der Waals surface area contributed by atoms with Gasteiger partial charge < -0.3 is 15.2 Å². The molecule has 1 aromatic heterocycles. The lowest BCUT2D eigenvalue weighted by Gasteiger charge is -2.31. The zero-order chi connectivity index (χ0) is 13.8. The van der Waals surface area contributed by atoms with Crippen molar-refractivity contribution in [2.24, 2.45) is 11.8 Å². The summed E-state index contributed by atoms with van der Waals surface area (Å²) in [6, 6.07) is 3.61. The normalized spacial score (nSPS) is 27.0. The Balaban J connectivity index is 2.01. The van der Waals surface area contributed by atoms with Gasteiger partial charge in [-0.05, 0) is 44.1 Å². The minimum absolute atomic E-state index is 0.261. The summed E-state index contributed by atoms with van der Waals surface area (Å²) >= 11 is 0. The Morgan fingerprint density at radius 2 is 2.05 bits per heavy atom. The van der Waals surface area contributed by atoms with Gasteiger partial charge >= 0.3 is 0 Å². The van der Waals surface area contributed by atoms with Crippen molar-refractivity contribution in [3.63, 3.8) is 0 Å². The Labute approximate surface area is 115 Å². The van der Waals surface area contributed by atoms with E-state index in [1.54, 1.807) is 6.07 Å². The van der Waals surface area contributed by atoms with E-state index < -0.39 is 0 Å². The van der Waals surface area contributed by atoms with E-state index in [1.165, 1.54) is 6.42 Å². The SMILES string of the molecule is CCOc1nc(OC2CCC(C)C(C)C2)ccc1N. The summed E-state index contributed by atoms with van der Waals surface area (Å²) in [6.45, 7) is 7.08. The fourth-order valence-corrected chi connectivity index (χ4v) is 2.53. The third kappa shape index (κ3) is 3.52. The van der Waals surface area contributed by atoms with Crippen molar-refractivity contribution in [2.45, 2.75) is 46.1 Å². The van der Waals surface area contributed by atoms with Crippen molar-refractivity contribution < 1.29 is 9.47 Å². The molecule has 2 rings (SSSR count). The van der Waals surface area contributed by atoms with E-state index in [0.717, 1.165) is 18.8 Å². The van der Waals surface area contributed by atoms with Gasteiger partial charge in [0.1, 0.15) is 6.10 Å². The van der Waals surface area contributed by atoms with Crippen LogP contribution in [0.3, 0.4) is 0 Å². The number of aromatic nitrogens is 1. The Morgan fingerprint density at radius 3 is 2.74 bits per heavy atom. The van der Waals surface area contributed by atoms with Crippen LogP contribution >= 0.6 is 0 Å². The first-order chi connectivity index (χ1) is 9.10. The Kier molecular flexibility index (Phi) is 4.51. The van der Waals surface area contributed by atoms with Gasteiger partial charge in [0, 0.05) is 6.07 Å². The molecule has 0 amide bonds. The number of nitrogens with two attached hydrogens (primary N) is 1. The van der Waals surface area contributed by atoms with Gasteiger partial charge in [-0.1, -0.05) is 13.8 Å². The van der Waals surface area contributed by atoms with E-state index in [0.29, 0.717) is 30.0 Å². The molecule has 1 aliphatic carbocycles. The molecule has 0 aromatic carbocycles. The lowest BCUT2D eigenvalue weighted by Crippen LogP contribution is -2.29. The van der Waals surface area contributed by atoms with Crippen LogP contribution in [-0.4, -0.2) is 17.7 Å². The van der Waals surface area contributed by atoms with Crippen LogP contribution in [0.2, 0.25) is 0 Å². The van der Waals surface area contributed by atoms with Gasteiger partial charge in [-0.3, -0.25) is 0 Å². The molecular weight excluding hydrogens is 240 g/mol. The average Bonchev–Trinajstić information content (AvgIpc) is 2.38. The Hall–Kier alpha value is -1.45. The first-order valence-electron chi connectivity index (χ1n) is 7.16. The quantitative estimate of drug-likeness (QED) is 0.906. The molecule has 2 N–H and O–H groups in total. The van der Waals surface area contributed by atoms with Gasteiger partial charge in [-0.15, -0.1) is 0 Å². The highest BCUT2D eigenvalue weighted by atomic mass is 16.5. The maximum atomic E-state index is 5.97. The summed E-state index contributed by atoms with van der Waals surface area (Å²) in [5.74, 6) is 2.58. The molecule has 1 saturated carbocycles. The molecular formula is C15H24N2O2. The fourth-order valence-electron chi connectivity index (χ4n) is 2.53. The second kappa shape index (κ2) is 6.13. The largest absolute Gasteiger partial charge is 0.476 e. The second-order valence-corrected chi connectivity index (χ2v) is 5.48. The predicted octanol–water partition coefficient (Wildman–Crippen LogP) is 3.27. The zero-order valence-corrected chi connectivity index (χ0v) is 12.1. The number of anilines is 1. The van der Waals surface area contributed by atoms with Gasteiger partial charge in [-0.25, -0.2) is 0 Å². The van der Waals surface area contributed by atoms with Gasteiger partial charge in [0.2, 0.25) is 11.8 Å². The number of hydrogen-bond donors (Lipinski definition) is 1. The Bertz CT molecular complexity index is 423. The minimum atomic E-state index is 0.261. The van der Waals surface area contributed by atoms with Gasteiger partial charge in [-0.2, -0.15) is 4.98 Å². The molecule has 0 bridgehead atoms. The summed E-state index contributed by atoms with van der Waals surface area (Å²) in [5.41, 5.74) is 6.36. The molecule has 3 unspecified atom stereocenters. The van der Waals surface area contributed by atoms with E-state index in [9.17, 15) is 0 Å². The second-order valence-electron chi connectivity index (χ2n) is 5.48. The lowest BCUT2D eigenvalue weighted by molar-refractivity contribution is 0.0957. The number of nitrogen functional groups attached to an aromatic ring is 1. The van der Waals surface area contributed by atoms with E-state index in [4.69, 9.17) is 15.2 Å². The molecule has 106 valence electrons. The predicted molar refractivity (Wildman–Crippen MR) is 76.4 cm³/mol. The van der Waals surface area contributed by atoms with Crippen LogP contribution in [-0.2, 0) is 0 Å². The monoisotopic (exact) mass is 264 g/mol. The summed E-state index contributed by atoms with van der Waals surface area (Å²) in [6.07, 6.45) is 3.68. The molecule has 1 fully saturated rings. The summed E-state index contributed by atoms with van der Waals surface area (Å²) < 4.78 is 11.4. The molecule has 4 nitrogen and oxygen atoms in total. The van der Waals surface area contributed by atoms with Gasteiger partial charge in [0.15, 0.2) is 0 Å². The zero-order valence-electron chi connectivity index (χ0n) is 12.1. The average molecular weight is 264 g/mol. The smallest absolute Gasteiger partial charge is 0.240 e. The highest BCUT2D eigenvalue weighted by Crippen LogP contribution is 2.32. The van der Waals surface area contributed by atoms with Crippen LogP contribution in [0.25, 0.3) is 0 Å². The lowest BCUT2D eigenvalue weighted by atomic mass is 9.80.